The molecule has 1 aromatic heterocycles. The van der Waals surface area contributed by atoms with Gasteiger partial charge < -0.3 is 5.73 Å². The molecule has 66 valence electrons. The van der Waals surface area contributed by atoms with E-state index in [2.05, 4.69) is 0 Å². The quantitative estimate of drug-likeness (QED) is 0.341. The summed E-state index contributed by atoms with van der Waals surface area (Å²) in [6.45, 7) is 0. The summed E-state index contributed by atoms with van der Waals surface area (Å²) in [4.78, 5) is 12.0. The molecule has 0 spiro atoms. The third-order valence-corrected chi connectivity index (χ3v) is 2.38. The molecular formula is C7H11N3OS. The van der Waals surface area contributed by atoms with Crippen LogP contribution in [0.5, 0.6) is 0 Å². The molecule has 5 N–H and O–H groups in total. The van der Waals surface area contributed by atoms with Crippen molar-refractivity contribution in [2.45, 2.75) is 12.5 Å². The van der Waals surface area contributed by atoms with E-state index in [4.69, 9.17) is 11.6 Å². The average molecular weight is 185 g/mol. The van der Waals surface area contributed by atoms with Crippen molar-refractivity contribution in [3.63, 3.8) is 0 Å². The number of hydrazine groups is 1. The molecule has 0 aromatic carbocycles. The lowest BCUT2D eigenvalue weighted by atomic mass is 10.2. The van der Waals surface area contributed by atoms with E-state index < -0.39 is 6.04 Å². The molecule has 1 heterocycles. The lowest BCUT2D eigenvalue weighted by molar-refractivity contribution is -0.122. The van der Waals surface area contributed by atoms with Crippen LogP contribution in [-0.4, -0.2) is 11.9 Å². The summed E-state index contributed by atoms with van der Waals surface area (Å²) in [7, 11) is 0. The van der Waals surface area contributed by atoms with Crippen molar-refractivity contribution >= 4 is 17.2 Å². The Bertz CT molecular complexity index is 247. The highest BCUT2D eigenvalue weighted by molar-refractivity contribution is 7.09. The SMILES string of the molecule is NNC(=O)C(N)Cc1cccs1. The smallest absolute Gasteiger partial charge is 0.251 e. The van der Waals surface area contributed by atoms with Crippen molar-refractivity contribution < 1.29 is 4.79 Å². The van der Waals surface area contributed by atoms with Crippen LogP contribution in [-0.2, 0) is 11.2 Å². The van der Waals surface area contributed by atoms with Gasteiger partial charge in [-0.1, -0.05) is 6.07 Å². The lowest BCUT2D eigenvalue weighted by Crippen LogP contribution is -2.44. The van der Waals surface area contributed by atoms with E-state index in [9.17, 15) is 4.79 Å². The van der Waals surface area contributed by atoms with Crippen LogP contribution in [0.3, 0.4) is 0 Å². The van der Waals surface area contributed by atoms with Gasteiger partial charge >= 0.3 is 0 Å². The van der Waals surface area contributed by atoms with Gasteiger partial charge in [-0.25, -0.2) is 5.84 Å². The second kappa shape index (κ2) is 4.20. The molecule has 1 aromatic rings. The minimum atomic E-state index is -0.548. The first kappa shape index (κ1) is 9.18. The zero-order chi connectivity index (χ0) is 8.97. The topological polar surface area (TPSA) is 81.1 Å². The monoisotopic (exact) mass is 185 g/mol. The Morgan fingerprint density at radius 2 is 2.50 bits per heavy atom. The Hall–Kier alpha value is -0.910. The van der Waals surface area contributed by atoms with Gasteiger partial charge in [0.1, 0.15) is 0 Å². The molecule has 0 aliphatic heterocycles. The van der Waals surface area contributed by atoms with Crippen LogP contribution in [0, 0.1) is 0 Å². The van der Waals surface area contributed by atoms with Crippen LogP contribution in [0.4, 0.5) is 0 Å². The third kappa shape index (κ3) is 2.30. The standard InChI is InChI=1S/C7H11N3OS/c8-6(7(11)10-9)4-5-2-1-3-12-5/h1-3,6H,4,8-9H2,(H,10,11). The number of nitrogens with two attached hydrogens (primary N) is 2. The predicted molar refractivity (Wildman–Crippen MR) is 48.3 cm³/mol. The van der Waals surface area contributed by atoms with E-state index in [1.807, 2.05) is 22.9 Å². The van der Waals surface area contributed by atoms with Crippen molar-refractivity contribution in [3.8, 4) is 0 Å². The number of rotatable bonds is 3. The Balaban J connectivity index is 2.47. The molecule has 1 rings (SSSR count). The summed E-state index contributed by atoms with van der Waals surface area (Å²) in [5, 5.41) is 1.95. The molecule has 1 atom stereocenters. The number of carbonyl (C=O) groups excluding carboxylic acids is 1. The molecule has 0 bridgehead atoms. The van der Waals surface area contributed by atoms with Gasteiger partial charge in [-0.3, -0.25) is 10.2 Å². The lowest BCUT2D eigenvalue weighted by Gasteiger charge is -2.07. The van der Waals surface area contributed by atoms with E-state index >= 15 is 0 Å². The molecule has 0 saturated carbocycles. The highest BCUT2D eigenvalue weighted by atomic mass is 32.1. The molecule has 4 nitrogen and oxygen atoms in total. The van der Waals surface area contributed by atoms with Gasteiger partial charge in [-0.15, -0.1) is 11.3 Å². The number of thiophene rings is 1. The van der Waals surface area contributed by atoms with Crippen LogP contribution in [0.2, 0.25) is 0 Å². The molecule has 5 heteroatoms. The minimum Gasteiger partial charge on any atom is -0.320 e. The molecule has 0 aliphatic carbocycles. The molecule has 1 unspecified atom stereocenters. The molecule has 12 heavy (non-hydrogen) atoms. The van der Waals surface area contributed by atoms with Crippen molar-refractivity contribution in [1.82, 2.24) is 5.43 Å². The molecule has 0 saturated heterocycles. The minimum absolute atomic E-state index is 0.330. The first-order valence-electron chi connectivity index (χ1n) is 3.52. The molecule has 0 radical (unpaired) electrons. The Morgan fingerprint density at radius 3 is 3.00 bits per heavy atom. The van der Waals surface area contributed by atoms with Gasteiger partial charge in [-0.05, 0) is 11.4 Å². The summed E-state index contributed by atoms with van der Waals surface area (Å²) >= 11 is 1.58. The highest BCUT2D eigenvalue weighted by Crippen LogP contribution is 2.10. The van der Waals surface area contributed by atoms with Gasteiger partial charge in [0.25, 0.3) is 5.91 Å². The largest absolute Gasteiger partial charge is 0.320 e. The van der Waals surface area contributed by atoms with Crippen molar-refractivity contribution in [2.75, 3.05) is 0 Å². The van der Waals surface area contributed by atoms with Gasteiger partial charge in [0.05, 0.1) is 6.04 Å². The molecule has 0 fully saturated rings. The normalized spacial score (nSPS) is 12.5. The summed E-state index contributed by atoms with van der Waals surface area (Å²) < 4.78 is 0. The first-order valence-corrected chi connectivity index (χ1v) is 4.40. The van der Waals surface area contributed by atoms with Crippen LogP contribution in [0.15, 0.2) is 17.5 Å². The van der Waals surface area contributed by atoms with E-state index in [1.54, 1.807) is 11.3 Å². The predicted octanol–water partition coefficient (Wildman–Crippen LogP) is -0.392. The summed E-state index contributed by atoms with van der Waals surface area (Å²) in [6, 6.07) is 3.31. The fraction of sp³-hybridized carbons (Fsp3) is 0.286. The van der Waals surface area contributed by atoms with Crippen LogP contribution >= 0.6 is 11.3 Å². The summed E-state index contributed by atoms with van der Waals surface area (Å²) in [6.07, 6.45) is 0.542. The fourth-order valence-corrected chi connectivity index (χ4v) is 1.61. The Kier molecular flexibility index (Phi) is 3.21. The second-order valence-electron chi connectivity index (χ2n) is 2.40. The number of amides is 1. The maximum atomic E-state index is 10.9. The van der Waals surface area contributed by atoms with Crippen molar-refractivity contribution in [1.29, 1.82) is 0 Å². The first-order chi connectivity index (χ1) is 5.74. The third-order valence-electron chi connectivity index (χ3n) is 1.48. The average Bonchev–Trinajstić information content (AvgIpc) is 2.55. The van der Waals surface area contributed by atoms with E-state index in [1.165, 1.54) is 0 Å². The van der Waals surface area contributed by atoms with Crippen LogP contribution in [0.25, 0.3) is 0 Å². The highest BCUT2D eigenvalue weighted by Gasteiger charge is 2.12. The number of hydrogen-bond acceptors (Lipinski definition) is 4. The Morgan fingerprint density at radius 1 is 1.75 bits per heavy atom. The zero-order valence-electron chi connectivity index (χ0n) is 6.49. The second-order valence-corrected chi connectivity index (χ2v) is 3.43. The Labute approximate surface area is 74.5 Å². The van der Waals surface area contributed by atoms with Gasteiger partial charge in [0.2, 0.25) is 0 Å². The van der Waals surface area contributed by atoms with Crippen LogP contribution < -0.4 is 17.0 Å². The summed E-state index contributed by atoms with van der Waals surface area (Å²) in [5.41, 5.74) is 7.55. The summed E-state index contributed by atoms with van der Waals surface area (Å²) in [5.74, 6) is 4.60. The van der Waals surface area contributed by atoms with Gasteiger partial charge in [-0.2, -0.15) is 0 Å². The molecule has 1 amide bonds. The van der Waals surface area contributed by atoms with E-state index in [0.29, 0.717) is 6.42 Å². The number of carbonyl (C=O) groups is 1. The zero-order valence-corrected chi connectivity index (χ0v) is 7.30. The number of hydrogen-bond donors (Lipinski definition) is 3. The maximum absolute atomic E-state index is 10.9. The number of nitrogens with one attached hydrogen (secondary N) is 1. The molecule has 0 aliphatic rings. The van der Waals surface area contributed by atoms with E-state index in [0.717, 1.165) is 4.88 Å². The van der Waals surface area contributed by atoms with Crippen molar-refractivity contribution in [2.24, 2.45) is 11.6 Å². The van der Waals surface area contributed by atoms with Gasteiger partial charge in [0, 0.05) is 11.3 Å². The van der Waals surface area contributed by atoms with Crippen molar-refractivity contribution in [3.05, 3.63) is 22.4 Å². The van der Waals surface area contributed by atoms with Crippen LogP contribution in [0.1, 0.15) is 4.88 Å². The van der Waals surface area contributed by atoms with E-state index in [-0.39, 0.29) is 5.91 Å². The fourth-order valence-electron chi connectivity index (χ4n) is 0.845. The maximum Gasteiger partial charge on any atom is 0.251 e. The molecular weight excluding hydrogens is 174 g/mol. The van der Waals surface area contributed by atoms with Gasteiger partial charge in [0.15, 0.2) is 0 Å².